The van der Waals surface area contributed by atoms with Gasteiger partial charge in [0.05, 0.1) is 11.4 Å². The van der Waals surface area contributed by atoms with Crippen LogP contribution in [0.4, 0.5) is 5.69 Å². The largest absolute Gasteiger partial charge is 0.323 e. The molecular weight excluding hydrogens is 250 g/mol. The van der Waals surface area contributed by atoms with Crippen LogP contribution in [0.15, 0.2) is 21.5 Å². The number of fused-ring (bicyclic) bond motifs is 1. The highest BCUT2D eigenvalue weighted by molar-refractivity contribution is 9.10. The van der Waals surface area contributed by atoms with Gasteiger partial charge in [-0.25, -0.2) is 0 Å². The van der Waals surface area contributed by atoms with Crippen LogP contribution >= 0.6 is 27.7 Å². The number of carbonyl (C=O) groups is 1. The maximum absolute atomic E-state index is 11.1. The van der Waals surface area contributed by atoms with Gasteiger partial charge in [-0.1, -0.05) is 0 Å². The van der Waals surface area contributed by atoms with E-state index < -0.39 is 0 Å². The van der Waals surface area contributed by atoms with E-state index in [1.165, 1.54) is 5.56 Å². The molecule has 1 aliphatic heterocycles. The second kappa shape index (κ2) is 3.35. The molecule has 0 saturated heterocycles. The maximum atomic E-state index is 11.1. The van der Waals surface area contributed by atoms with Gasteiger partial charge in [0.15, 0.2) is 0 Å². The van der Waals surface area contributed by atoms with Crippen molar-refractivity contribution < 1.29 is 4.79 Å². The minimum Gasteiger partial charge on any atom is -0.323 e. The van der Waals surface area contributed by atoms with Crippen LogP contribution in [0, 0.1) is 6.92 Å². The molecule has 68 valence electrons. The molecule has 1 N–H and O–H groups in total. The molecule has 1 amide bonds. The number of halogens is 1. The fourth-order valence-corrected chi connectivity index (χ4v) is 3.00. The number of hydrogen-bond acceptors (Lipinski definition) is 2. The van der Waals surface area contributed by atoms with Gasteiger partial charge in [-0.2, -0.15) is 0 Å². The van der Waals surface area contributed by atoms with Gasteiger partial charge in [0.1, 0.15) is 0 Å². The lowest BCUT2D eigenvalue weighted by Crippen LogP contribution is -2.19. The van der Waals surface area contributed by atoms with E-state index in [4.69, 9.17) is 0 Å². The number of anilines is 1. The molecule has 0 atom stereocenters. The first kappa shape index (κ1) is 9.09. The van der Waals surface area contributed by atoms with E-state index in [9.17, 15) is 4.79 Å². The predicted molar refractivity (Wildman–Crippen MR) is 58.2 cm³/mol. The molecule has 0 spiro atoms. The number of benzene rings is 1. The summed E-state index contributed by atoms with van der Waals surface area (Å²) >= 11 is 5.02. The Bertz CT molecular complexity index is 378. The van der Waals surface area contributed by atoms with E-state index in [-0.39, 0.29) is 5.91 Å². The molecule has 0 aromatic heterocycles. The summed E-state index contributed by atoms with van der Waals surface area (Å²) in [7, 11) is 0. The standard InChI is InChI=1S/C9H8BrNOS/c1-5-2-6(10)9-7(3-5)13-4-8(12)11-9/h2-3H,4H2,1H3,(H,11,12). The first-order valence-corrected chi connectivity index (χ1v) is 5.67. The van der Waals surface area contributed by atoms with Crippen molar-refractivity contribution in [2.45, 2.75) is 11.8 Å². The van der Waals surface area contributed by atoms with E-state index in [0.29, 0.717) is 5.75 Å². The number of carbonyl (C=O) groups excluding carboxylic acids is 1. The average molecular weight is 258 g/mol. The third kappa shape index (κ3) is 1.74. The van der Waals surface area contributed by atoms with Crippen LogP contribution in [0.25, 0.3) is 0 Å². The summed E-state index contributed by atoms with van der Waals surface area (Å²) in [4.78, 5) is 12.3. The molecular formula is C9H8BrNOS. The van der Waals surface area contributed by atoms with E-state index in [1.807, 2.05) is 13.0 Å². The summed E-state index contributed by atoms with van der Waals surface area (Å²) in [6, 6.07) is 4.09. The second-order valence-corrected chi connectivity index (χ2v) is 4.83. The fraction of sp³-hybridized carbons (Fsp3) is 0.222. The van der Waals surface area contributed by atoms with Crippen LogP contribution in [-0.2, 0) is 4.79 Å². The van der Waals surface area contributed by atoms with Gasteiger partial charge in [0.25, 0.3) is 0 Å². The summed E-state index contributed by atoms with van der Waals surface area (Å²) in [5.74, 6) is 0.588. The van der Waals surface area contributed by atoms with Crippen LogP contribution in [0.1, 0.15) is 5.56 Å². The first-order chi connectivity index (χ1) is 6.16. The van der Waals surface area contributed by atoms with Crippen LogP contribution in [0.2, 0.25) is 0 Å². The maximum Gasteiger partial charge on any atom is 0.234 e. The Morgan fingerprint density at radius 3 is 3.08 bits per heavy atom. The summed E-state index contributed by atoms with van der Waals surface area (Å²) < 4.78 is 0.961. The normalized spacial score (nSPS) is 15.1. The summed E-state index contributed by atoms with van der Waals surface area (Å²) in [5, 5.41) is 2.85. The van der Waals surface area contributed by atoms with Gasteiger partial charge >= 0.3 is 0 Å². The minimum absolute atomic E-state index is 0.0713. The molecule has 2 rings (SSSR count). The molecule has 1 heterocycles. The Morgan fingerprint density at radius 1 is 1.54 bits per heavy atom. The molecule has 2 nitrogen and oxygen atoms in total. The van der Waals surface area contributed by atoms with Crippen molar-refractivity contribution in [3.63, 3.8) is 0 Å². The molecule has 4 heteroatoms. The number of hydrogen-bond donors (Lipinski definition) is 1. The highest BCUT2D eigenvalue weighted by Crippen LogP contribution is 2.37. The third-order valence-electron chi connectivity index (χ3n) is 1.82. The van der Waals surface area contributed by atoms with Crippen LogP contribution in [0.5, 0.6) is 0 Å². The highest BCUT2D eigenvalue weighted by atomic mass is 79.9. The van der Waals surface area contributed by atoms with Gasteiger partial charge in [-0.05, 0) is 40.5 Å². The molecule has 0 unspecified atom stereocenters. The van der Waals surface area contributed by atoms with E-state index in [0.717, 1.165) is 15.1 Å². The summed E-state index contributed by atoms with van der Waals surface area (Å²) in [5.41, 5.74) is 2.11. The number of rotatable bonds is 0. The Morgan fingerprint density at radius 2 is 2.31 bits per heavy atom. The van der Waals surface area contributed by atoms with E-state index in [2.05, 4.69) is 27.3 Å². The molecule has 1 aromatic rings. The van der Waals surface area contributed by atoms with Crippen molar-refractivity contribution in [1.82, 2.24) is 0 Å². The monoisotopic (exact) mass is 257 g/mol. The highest BCUT2D eigenvalue weighted by Gasteiger charge is 2.17. The number of amides is 1. The zero-order chi connectivity index (χ0) is 9.42. The molecule has 0 aliphatic carbocycles. The van der Waals surface area contributed by atoms with Gasteiger partial charge in [-0.15, -0.1) is 11.8 Å². The molecule has 0 saturated carbocycles. The van der Waals surface area contributed by atoms with Crippen LogP contribution in [0.3, 0.4) is 0 Å². The molecule has 0 radical (unpaired) electrons. The van der Waals surface area contributed by atoms with Crippen molar-refractivity contribution >= 4 is 39.3 Å². The third-order valence-corrected chi connectivity index (χ3v) is 3.49. The molecule has 0 fully saturated rings. The van der Waals surface area contributed by atoms with Gasteiger partial charge in [0.2, 0.25) is 5.91 Å². The molecule has 13 heavy (non-hydrogen) atoms. The predicted octanol–water partition coefficient (Wildman–Crippen LogP) is 2.80. The Balaban J connectivity index is 2.53. The van der Waals surface area contributed by atoms with Crippen molar-refractivity contribution in [1.29, 1.82) is 0 Å². The smallest absolute Gasteiger partial charge is 0.234 e. The second-order valence-electron chi connectivity index (χ2n) is 2.96. The van der Waals surface area contributed by atoms with Gasteiger partial charge < -0.3 is 5.32 Å². The van der Waals surface area contributed by atoms with Gasteiger partial charge in [0, 0.05) is 9.37 Å². The quantitative estimate of drug-likeness (QED) is 0.775. The van der Waals surface area contributed by atoms with Crippen molar-refractivity contribution in [2.75, 3.05) is 11.1 Å². The molecule has 1 aliphatic rings. The number of aryl methyl sites for hydroxylation is 1. The minimum atomic E-state index is 0.0713. The van der Waals surface area contributed by atoms with E-state index >= 15 is 0 Å². The van der Waals surface area contributed by atoms with Crippen molar-refractivity contribution in [2.24, 2.45) is 0 Å². The lowest BCUT2D eigenvalue weighted by molar-refractivity contribution is -0.113. The molecule has 1 aromatic carbocycles. The van der Waals surface area contributed by atoms with Gasteiger partial charge in [-0.3, -0.25) is 4.79 Å². The molecule has 0 bridgehead atoms. The number of thioether (sulfide) groups is 1. The SMILES string of the molecule is Cc1cc(Br)c2c(c1)SCC(=O)N2. The summed E-state index contributed by atoms with van der Waals surface area (Å²) in [6.45, 7) is 2.04. The summed E-state index contributed by atoms with van der Waals surface area (Å²) in [6.07, 6.45) is 0. The lowest BCUT2D eigenvalue weighted by atomic mass is 10.2. The zero-order valence-electron chi connectivity index (χ0n) is 7.06. The Labute approximate surface area is 89.2 Å². The van der Waals surface area contributed by atoms with Crippen LogP contribution < -0.4 is 5.32 Å². The van der Waals surface area contributed by atoms with Crippen molar-refractivity contribution in [3.8, 4) is 0 Å². The lowest BCUT2D eigenvalue weighted by Gasteiger charge is -2.18. The topological polar surface area (TPSA) is 29.1 Å². The number of nitrogens with one attached hydrogen (secondary N) is 1. The zero-order valence-corrected chi connectivity index (χ0v) is 9.46. The Kier molecular flexibility index (Phi) is 2.34. The van der Waals surface area contributed by atoms with Crippen LogP contribution in [-0.4, -0.2) is 11.7 Å². The van der Waals surface area contributed by atoms with Crippen molar-refractivity contribution in [3.05, 3.63) is 22.2 Å². The average Bonchev–Trinajstić information content (AvgIpc) is 2.06. The first-order valence-electron chi connectivity index (χ1n) is 3.89. The van der Waals surface area contributed by atoms with E-state index in [1.54, 1.807) is 11.8 Å². The fourth-order valence-electron chi connectivity index (χ4n) is 1.26. The Hall–Kier alpha value is -0.480.